The molecular formula is C27H25Cl2NO3S3. The second kappa shape index (κ2) is 11.2. The number of aryl methyl sites for hydroxylation is 2. The Morgan fingerprint density at radius 1 is 0.972 bits per heavy atom. The largest absolute Gasteiger partial charge is 0.335 e. The van der Waals surface area contributed by atoms with Gasteiger partial charge in [-0.3, -0.25) is 4.55 Å². The normalized spacial score (nSPS) is 14.2. The zero-order valence-electron chi connectivity index (χ0n) is 20.0. The Balaban J connectivity index is 0.000000233. The minimum absolute atomic E-state index is 0.0666. The molecule has 0 unspecified atom stereocenters. The molecule has 0 spiro atoms. The van der Waals surface area contributed by atoms with Crippen LogP contribution in [0.25, 0.3) is 16.2 Å². The summed E-state index contributed by atoms with van der Waals surface area (Å²) in [7, 11) is -4.02. The molecule has 1 aliphatic heterocycles. The fraction of sp³-hybridized carbons (Fsp3) is 0.185. The van der Waals surface area contributed by atoms with Crippen molar-refractivity contribution in [2.24, 2.45) is 0 Å². The summed E-state index contributed by atoms with van der Waals surface area (Å²) in [4.78, 5) is 4.85. The first-order valence-electron chi connectivity index (χ1n) is 11.3. The van der Waals surface area contributed by atoms with E-state index in [0.29, 0.717) is 0 Å². The highest BCUT2D eigenvalue weighted by Crippen LogP contribution is 2.48. The van der Waals surface area contributed by atoms with Gasteiger partial charge >= 0.3 is 0 Å². The van der Waals surface area contributed by atoms with Crippen LogP contribution in [0.2, 0.25) is 10.0 Å². The third-order valence-corrected chi connectivity index (χ3v) is 9.33. The van der Waals surface area contributed by atoms with Gasteiger partial charge in [-0.05, 0) is 85.8 Å². The molecule has 0 aliphatic carbocycles. The summed E-state index contributed by atoms with van der Waals surface area (Å²) in [5.41, 5.74) is 3.53. The number of thiophene rings is 1. The molecular weight excluding hydrogens is 553 g/mol. The summed E-state index contributed by atoms with van der Waals surface area (Å²) in [6.45, 7) is 7.15. The summed E-state index contributed by atoms with van der Waals surface area (Å²) < 4.78 is 30.8. The van der Waals surface area contributed by atoms with Crippen molar-refractivity contribution in [2.75, 3.05) is 11.4 Å². The van der Waals surface area contributed by atoms with Gasteiger partial charge in [0, 0.05) is 31.1 Å². The lowest BCUT2D eigenvalue weighted by Gasteiger charge is -2.18. The lowest BCUT2D eigenvalue weighted by Crippen LogP contribution is -2.16. The smallest absolute Gasteiger partial charge is 0.294 e. The molecule has 0 saturated carbocycles. The summed E-state index contributed by atoms with van der Waals surface area (Å²) in [6.07, 6.45) is 3.31. The van der Waals surface area contributed by atoms with Crippen LogP contribution in [0.4, 0.5) is 5.69 Å². The van der Waals surface area contributed by atoms with Crippen LogP contribution in [-0.2, 0) is 16.5 Å². The monoisotopic (exact) mass is 577 g/mol. The predicted octanol–water partition coefficient (Wildman–Crippen LogP) is 8.94. The molecule has 5 rings (SSSR count). The van der Waals surface area contributed by atoms with Crippen LogP contribution in [0, 0.1) is 6.92 Å². The molecule has 3 aromatic carbocycles. The zero-order valence-corrected chi connectivity index (χ0v) is 23.9. The number of rotatable bonds is 4. The van der Waals surface area contributed by atoms with Crippen molar-refractivity contribution >= 4 is 78.3 Å². The third kappa shape index (κ3) is 5.93. The standard InChI is InChI=1S/C20H17Cl2NS2.C7H8O3S/c1-3-14-15-9-12(21)5-7-17(15)24-19(14)11-20-23(4-2)16-10-13(22)6-8-18(16)25-20;1-6-2-4-7(5-3-6)11(8,9)10/h5-11H,3-4H2,1-2H3;2-5H,1H3,(H,8,9,10). The van der Waals surface area contributed by atoms with E-state index in [2.05, 4.69) is 49.1 Å². The highest BCUT2D eigenvalue weighted by atomic mass is 35.5. The first kappa shape index (κ1) is 27.0. The number of nitrogens with zero attached hydrogens (tertiary/aromatic N) is 1. The third-order valence-electron chi connectivity index (χ3n) is 5.72. The van der Waals surface area contributed by atoms with Crippen LogP contribution in [0.5, 0.6) is 0 Å². The summed E-state index contributed by atoms with van der Waals surface area (Å²) in [6, 6.07) is 18.3. The van der Waals surface area contributed by atoms with Crippen LogP contribution in [0.3, 0.4) is 0 Å². The Morgan fingerprint density at radius 2 is 1.64 bits per heavy atom. The number of thioether (sulfide) groups is 1. The first-order chi connectivity index (χ1) is 17.1. The van der Waals surface area contributed by atoms with Crippen LogP contribution >= 0.6 is 46.3 Å². The molecule has 0 radical (unpaired) electrons. The first-order valence-corrected chi connectivity index (χ1v) is 15.1. The summed E-state index contributed by atoms with van der Waals surface area (Å²) >= 11 is 16.1. The average Bonchev–Trinajstić information content (AvgIpc) is 3.35. The molecule has 4 nitrogen and oxygen atoms in total. The molecule has 0 atom stereocenters. The molecule has 1 N–H and O–H groups in total. The van der Waals surface area contributed by atoms with Gasteiger partial charge in [-0.15, -0.1) is 11.3 Å². The van der Waals surface area contributed by atoms with Crippen LogP contribution in [0.15, 0.2) is 75.5 Å². The average molecular weight is 579 g/mol. The molecule has 9 heteroatoms. The molecule has 188 valence electrons. The van der Waals surface area contributed by atoms with E-state index in [1.807, 2.05) is 42.2 Å². The van der Waals surface area contributed by atoms with E-state index in [1.165, 1.54) is 48.3 Å². The van der Waals surface area contributed by atoms with Crippen molar-refractivity contribution in [3.05, 3.63) is 91.7 Å². The van der Waals surface area contributed by atoms with Crippen LogP contribution in [0.1, 0.15) is 29.9 Å². The Hall–Kier alpha value is -2.00. The van der Waals surface area contributed by atoms with E-state index in [1.54, 1.807) is 12.1 Å². The Kier molecular flexibility index (Phi) is 8.39. The van der Waals surface area contributed by atoms with E-state index in [0.717, 1.165) is 28.6 Å². The number of hydrogen-bond donors (Lipinski definition) is 1. The summed E-state index contributed by atoms with van der Waals surface area (Å²) in [5, 5.41) is 4.11. The van der Waals surface area contributed by atoms with E-state index >= 15 is 0 Å². The molecule has 0 fully saturated rings. The maximum atomic E-state index is 10.5. The van der Waals surface area contributed by atoms with Gasteiger partial charge in [0.25, 0.3) is 10.1 Å². The van der Waals surface area contributed by atoms with E-state index in [9.17, 15) is 8.42 Å². The molecule has 1 aliphatic rings. The van der Waals surface area contributed by atoms with Gasteiger partial charge in [0.05, 0.1) is 15.6 Å². The van der Waals surface area contributed by atoms with Crippen LogP contribution < -0.4 is 4.90 Å². The highest BCUT2D eigenvalue weighted by molar-refractivity contribution is 8.03. The van der Waals surface area contributed by atoms with Gasteiger partial charge in [-0.1, -0.05) is 59.6 Å². The van der Waals surface area contributed by atoms with Crippen molar-refractivity contribution in [3.8, 4) is 0 Å². The molecule has 0 saturated heterocycles. The number of hydrogen-bond acceptors (Lipinski definition) is 5. The second-order valence-electron chi connectivity index (χ2n) is 8.17. The predicted molar refractivity (Wildman–Crippen MR) is 156 cm³/mol. The van der Waals surface area contributed by atoms with Gasteiger partial charge in [-0.2, -0.15) is 8.42 Å². The van der Waals surface area contributed by atoms with Crippen molar-refractivity contribution in [2.45, 2.75) is 37.0 Å². The fourth-order valence-electron chi connectivity index (χ4n) is 3.95. The molecule has 0 bridgehead atoms. The number of halogens is 2. The van der Waals surface area contributed by atoms with Crippen LogP contribution in [-0.4, -0.2) is 19.5 Å². The molecule has 36 heavy (non-hydrogen) atoms. The fourth-order valence-corrected chi connectivity index (χ4v) is 7.21. The van der Waals surface area contributed by atoms with Crippen molar-refractivity contribution in [1.82, 2.24) is 0 Å². The van der Waals surface area contributed by atoms with Gasteiger partial charge in [0.15, 0.2) is 0 Å². The molecule has 1 aromatic heterocycles. The Bertz CT molecular complexity index is 1540. The van der Waals surface area contributed by atoms with Crippen molar-refractivity contribution in [1.29, 1.82) is 0 Å². The highest BCUT2D eigenvalue weighted by Gasteiger charge is 2.25. The van der Waals surface area contributed by atoms with Gasteiger partial charge < -0.3 is 4.90 Å². The van der Waals surface area contributed by atoms with Crippen molar-refractivity contribution in [3.63, 3.8) is 0 Å². The van der Waals surface area contributed by atoms with E-state index in [4.69, 9.17) is 27.8 Å². The lowest BCUT2D eigenvalue weighted by atomic mass is 10.1. The molecule has 0 amide bonds. The SMILES string of the molecule is CCc1c(C=C2Sc3ccc(Cl)cc3N2CC)sc2ccc(Cl)cc12.Cc1ccc(S(=O)(=O)O)cc1. The van der Waals surface area contributed by atoms with E-state index < -0.39 is 10.1 Å². The number of benzene rings is 3. The Morgan fingerprint density at radius 3 is 2.28 bits per heavy atom. The van der Waals surface area contributed by atoms with Gasteiger partial charge in [0.2, 0.25) is 0 Å². The van der Waals surface area contributed by atoms with Crippen molar-refractivity contribution < 1.29 is 13.0 Å². The topological polar surface area (TPSA) is 57.6 Å². The number of anilines is 1. The minimum Gasteiger partial charge on any atom is -0.335 e. The van der Waals surface area contributed by atoms with E-state index in [-0.39, 0.29) is 4.90 Å². The Labute approximate surface area is 230 Å². The second-order valence-corrected chi connectivity index (χ2v) is 12.6. The minimum atomic E-state index is -4.02. The number of fused-ring (bicyclic) bond motifs is 2. The zero-order chi connectivity index (χ0) is 26.0. The quantitative estimate of drug-likeness (QED) is 0.245. The molecule has 4 aromatic rings. The molecule has 2 heterocycles. The maximum Gasteiger partial charge on any atom is 0.294 e. The van der Waals surface area contributed by atoms with Gasteiger partial charge in [-0.25, -0.2) is 0 Å². The maximum absolute atomic E-state index is 10.5. The van der Waals surface area contributed by atoms with Gasteiger partial charge in [0.1, 0.15) is 0 Å². The summed E-state index contributed by atoms with van der Waals surface area (Å²) in [5.74, 6) is 0. The lowest BCUT2D eigenvalue weighted by molar-refractivity contribution is 0.483.